The van der Waals surface area contributed by atoms with Gasteiger partial charge in [0.25, 0.3) is 5.91 Å². The molecule has 2 amide bonds. The van der Waals surface area contributed by atoms with Gasteiger partial charge in [0.1, 0.15) is 11.5 Å². The molecule has 0 atom stereocenters. The molecular weight excluding hydrogens is 408 g/mol. The third kappa shape index (κ3) is 5.47. The van der Waals surface area contributed by atoms with Gasteiger partial charge < -0.3 is 25.1 Å². The lowest BCUT2D eigenvalue weighted by Gasteiger charge is -2.35. The molecule has 8 nitrogen and oxygen atoms in total. The van der Waals surface area contributed by atoms with E-state index in [0.717, 1.165) is 31.9 Å². The number of carbonyl (C=O) groups is 2. The molecule has 1 fully saturated rings. The Bertz CT molecular complexity index is 1040. The fraction of sp³-hybridized carbons (Fsp3) is 0.250. The minimum absolute atomic E-state index is 0.158. The number of hydrogen-bond donors (Lipinski definition) is 3. The number of nitrogens with zero attached hydrogens (tertiary/aromatic N) is 2. The number of anilines is 2. The van der Waals surface area contributed by atoms with Crippen LogP contribution >= 0.6 is 0 Å². The molecule has 1 saturated heterocycles. The van der Waals surface area contributed by atoms with E-state index in [9.17, 15) is 14.7 Å². The monoisotopic (exact) mass is 434 g/mol. The Hall–Kier alpha value is -3.78. The fourth-order valence-corrected chi connectivity index (χ4v) is 3.69. The van der Waals surface area contributed by atoms with Gasteiger partial charge in [-0.25, -0.2) is 0 Å². The third-order valence-corrected chi connectivity index (χ3v) is 5.40. The lowest BCUT2D eigenvalue weighted by molar-refractivity contribution is -0.117. The average molecular weight is 434 g/mol. The Kier molecular flexibility index (Phi) is 6.72. The summed E-state index contributed by atoms with van der Waals surface area (Å²) in [5, 5.41) is 15.1. The standard InChI is InChI=1S/C24H26N4O4/c29-19-9-7-18(8-10-19)28-13-11-27(12-14-28)17-23(30)26-22-6-2-1-5-21(22)24(31)25-16-20-4-3-15-32-20/h1-10,15,29H,11-14,16-17H2,(H,25,31)(H,26,30). The van der Waals surface area contributed by atoms with Crippen molar-refractivity contribution in [1.29, 1.82) is 0 Å². The largest absolute Gasteiger partial charge is 0.508 e. The van der Waals surface area contributed by atoms with Crippen molar-refractivity contribution in [3.8, 4) is 5.75 Å². The minimum atomic E-state index is -0.278. The third-order valence-electron chi connectivity index (χ3n) is 5.40. The van der Waals surface area contributed by atoms with Gasteiger partial charge in [-0.1, -0.05) is 12.1 Å². The topological polar surface area (TPSA) is 98.0 Å². The first kappa shape index (κ1) is 21.5. The Morgan fingerprint density at radius 1 is 0.938 bits per heavy atom. The molecule has 0 spiro atoms. The normalized spacial score (nSPS) is 14.2. The molecule has 3 N–H and O–H groups in total. The van der Waals surface area contributed by atoms with E-state index < -0.39 is 0 Å². The maximum absolute atomic E-state index is 12.6. The van der Waals surface area contributed by atoms with Gasteiger partial charge in [-0.3, -0.25) is 14.5 Å². The van der Waals surface area contributed by atoms with Gasteiger partial charge in [-0.2, -0.15) is 0 Å². The highest BCUT2D eigenvalue weighted by Crippen LogP contribution is 2.20. The smallest absolute Gasteiger partial charge is 0.253 e. The summed E-state index contributed by atoms with van der Waals surface area (Å²) in [6, 6.07) is 17.7. The highest BCUT2D eigenvalue weighted by atomic mass is 16.3. The minimum Gasteiger partial charge on any atom is -0.508 e. The average Bonchev–Trinajstić information content (AvgIpc) is 3.33. The highest BCUT2D eigenvalue weighted by molar-refractivity contribution is 6.04. The van der Waals surface area contributed by atoms with Crippen LogP contribution in [0.5, 0.6) is 5.75 Å². The zero-order chi connectivity index (χ0) is 22.3. The van der Waals surface area contributed by atoms with E-state index in [1.54, 1.807) is 54.8 Å². The summed E-state index contributed by atoms with van der Waals surface area (Å²) in [5.74, 6) is 0.472. The molecule has 1 aromatic heterocycles. The summed E-state index contributed by atoms with van der Waals surface area (Å²) >= 11 is 0. The number of piperazine rings is 1. The van der Waals surface area contributed by atoms with E-state index in [0.29, 0.717) is 17.0 Å². The Balaban J connectivity index is 1.29. The van der Waals surface area contributed by atoms with E-state index in [1.165, 1.54) is 0 Å². The number of furan rings is 1. The second-order valence-corrected chi connectivity index (χ2v) is 7.64. The summed E-state index contributed by atoms with van der Waals surface area (Å²) in [4.78, 5) is 29.6. The SMILES string of the molecule is O=C(CN1CCN(c2ccc(O)cc2)CC1)Nc1ccccc1C(=O)NCc1ccco1. The van der Waals surface area contributed by atoms with Gasteiger partial charge in [-0.05, 0) is 48.5 Å². The molecule has 0 unspecified atom stereocenters. The quantitative estimate of drug-likeness (QED) is 0.529. The van der Waals surface area contributed by atoms with Crippen LogP contribution in [0.1, 0.15) is 16.1 Å². The lowest BCUT2D eigenvalue weighted by atomic mass is 10.1. The van der Waals surface area contributed by atoms with Crippen LogP contribution < -0.4 is 15.5 Å². The molecule has 2 aromatic carbocycles. The number of phenols is 1. The van der Waals surface area contributed by atoms with Crippen LogP contribution in [0.3, 0.4) is 0 Å². The number of phenolic OH excluding ortho intramolecular Hbond substituents is 1. The molecule has 3 aromatic rings. The molecule has 0 radical (unpaired) electrons. The zero-order valence-electron chi connectivity index (χ0n) is 17.7. The van der Waals surface area contributed by atoms with E-state index in [2.05, 4.69) is 20.4 Å². The van der Waals surface area contributed by atoms with Crippen molar-refractivity contribution >= 4 is 23.2 Å². The molecule has 4 rings (SSSR count). The van der Waals surface area contributed by atoms with Crippen molar-refractivity contribution in [1.82, 2.24) is 10.2 Å². The number of rotatable bonds is 7. The van der Waals surface area contributed by atoms with Crippen molar-refractivity contribution < 1.29 is 19.1 Å². The molecule has 166 valence electrons. The first-order chi connectivity index (χ1) is 15.6. The predicted octanol–water partition coefficient (Wildman–Crippen LogP) is 2.68. The molecule has 0 saturated carbocycles. The van der Waals surface area contributed by atoms with E-state index >= 15 is 0 Å². The van der Waals surface area contributed by atoms with Crippen molar-refractivity contribution in [3.05, 3.63) is 78.3 Å². The zero-order valence-corrected chi connectivity index (χ0v) is 17.7. The van der Waals surface area contributed by atoms with Gasteiger partial charge in [0, 0.05) is 31.9 Å². The molecule has 32 heavy (non-hydrogen) atoms. The second kappa shape index (κ2) is 10.0. The number of hydrogen-bond acceptors (Lipinski definition) is 6. The molecule has 1 aliphatic rings. The van der Waals surface area contributed by atoms with Gasteiger partial charge in [0.2, 0.25) is 5.91 Å². The number of carbonyl (C=O) groups excluding carboxylic acids is 2. The van der Waals surface area contributed by atoms with Gasteiger partial charge >= 0.3 is 0 Å². The van der Waals surface area contributed by atoms with Crippen LogP contribution in [-0.2, 0) is 11.3 Å². The van der Waals surface area contributed by atoms with Crippen LogP contribution in [0.25, 0.3) is 0 Å². The Morgan fingerprint density at radius 3 is 2.41 bits per heavy atom. The van der Waals surface area contributed by atoms with Crippen molar-refractivity contribution in [2.45, 2.75) is 6.54 Å². The van der Waals surface area contributed by atoms with Crippen molar-refractivity contribution in [3.63, 3.8) is 0 Å². The lowest BCUT2D eigenvalue weighted by Crippen LogP contribution is -2.48. The number of benzene rings is 2. The van der Waals surface area contributed by atoms with Gasteiger partial charge in [0.15, 0.2) is 0 Å². The first-order valence-corrected chi connectivity index (χ1v) is 10.5. The Morgan fingerprint density at radius 2 is 1.69 bits per heavy atom. The highest BCUT2D eigenvalue weighted by Gasteiger charge is 2.20. The summed E-state index contributed by atoms with van der Waals surface area (Å²) in [5.41, 5.74) is 1.95. The fourth-order valence-electron chi connectivity index (χ4n) is 3.69. The molecule has 0 bridgehead atoms. The summed E-state index contributed by atoms with van der Waals surface area (Å²) in [6.45, 7) is 3.62. The van der Waals surface area contributed by atoms with E-state index in [-0.39, 0.29) is 30.7 Å². The van der Waals surface area contributed by atoms with Crippen LogP contribution in [0, 0.1) is 0 Å². The van der Waals surface area contributed by atoms with Gasteiger partial charge in [-0.15, -0.1) is 0 Å². The molecular formula is C24H26N4O4. The first-order valence-electron chi connectivity index (χ1n) is 10.5. The Labute approximate surface area is 186 Å². The maximum atomic E-state index is 12.6. The molecule has 8 heteroatoms. The second-order valence-electron chi connectivity index (χ2n) is 7.64. The number of nitrogens with one attached hydrogen (secondary N) is 2. The van der Waals surface area contributed by atoms with Crippen molar-refractivity contribution in [2.75, 3.05) is 42.9 Å². The van der Waals surface area contributed by atoms with Crippen LogP contribution in [0.15, 0.2) is 71.3 Å². The van der Waals surface area contributed by atoms with Gasteiger partial charge in [0.05, 0.1) is 30.6 Å². The van der Waals surface area contributed by atoms with Crippen LogP contribution in [0.4, 0.5) is 11.4 Å². The number of aromatic hydroxyl groups is 1. The summed E-state index contributed by atoms with van der Waals surface area (Å²) in [6.07, 6.45) is 1.56. The van der Waals surface area contributed by atoms with Crippen LogP contribution in [-0.4, -0.2) is 54.5 Å². The van der Waals surface area contributed by atoms with Crippen LogP contribution in [0.2, 0.25) is 0 Å². The summed E-state index contributed by atoms with van der Waals surface area (Å²) < 4.78 is 5.24. The number of para-hydroxylation sites is 1. The summed E-state index contributed by atoms with van der Waals surface area (Å²) in [7, 11) is 0. The maximum Gasteiger partial charge on any atom is 0.253 e. The predicted molar refractivity (Wildman–Crippen MR) is 122 cm³/mol. The van der Waals surface area contributed by atoms with E-state index in [1.807, 2.05) is 12.1 Å². The molecule has 2 heterocycles. The molecule has 0 aliphatic carbocycles. The van der Waals surface area contributed by atoms with Crippen molar-refractivity contribution in [2.24, 2.45) is 0 Å². The van der Waals surface area contributed by atoms with E-state index in [4.69, 9.17) is 4.42 Å². The molecule has 1 aliphatic heterocycles. The number of amides is 2.